The average Bonchev–Trinajstić information content (AvgIpc) is 3.33. The molecule has 0 aliphatic rings. The van der Waals surface area contributed by atoms with Crippen LogP contribution in [-0.4, -0.2) is 69.7 Å². The Balaban J connectivity index is 5.47. The Labute approximate surface area is 419 Å². The molecule has 0 aromatic rings. The van der Waals surface area contributed by atoms with E-state index in [4.69, 9.17) is 14.2 Å². The van der Waals surface area contributed by atoms with E-state index in [0.29, 0.717) is 19.3 Å². The lowest BCUT2D eigenvalue weighted by Gasteiger charge is -2.39. The van der Waals surface area contributed by atoms with Gasteiger partial charge < -0.3 is 34.6 Å². The second-order valence-electron chi connectivity index (χ2n) is 20.4. The molecule has 10 nitrogen and oxygen atoms in total. The van der Waals surface area contributed by atoms with Gasteiger partial charge in [0.2, 0.25) is 6.29 Å². The molecular formula is C58H112O10. The fourth-order valence-corrected chi connectivity index (χ4v) is 9.52. The quantitative estimate of drug-likeness (QED) is 0.0262. The minimum atomic E-state index is -2.76. The van der Waals surface area contributed by atoms with Crippen LogP contribution in [-0.2, 0) is 28.6 Å². The summed E-state index contributed by atoms with van der Waals surface area (Å²) in [7, 11) is 0. The number of hydrogen-bond donors (Lipinski definition) is 4. The van der Waals surface area contributed by atoms with Gasteiger partial charge in [-0.15, -0.1) is 0 Å². The highest BCUT2D eigenvalue weighted by Gasteiger charge is 2.57. The van der Waals surface area contributed by atoms with E-state index in [1.54, 1.807) is 0 Å². The summed E-state index contributed by atoms with van der Waals surface area (Å²) < 4.78 is 16.9. The fraction of sp³-hybridized carbons (Fsp3) is 0.948. The summed E-state index contributed by atoms with van der Waals surface area (Å²) in [4.78, 5) is 41.4. The van der Waals surface area contributed by atoms with Crippen LogP contribution in [0.25, 0.3) is 0 Å². The minimum absolute atomic E-state index is 0.0485. The number of unbranched alkanes of at least 4 members (excludes halogenated alkanes) is 40. The lowest BCUT2D eigenvalue weighted by atomic mass is 9.86. The van der Waals surface area contributed by atoms with Gasteiger partial charge in [-0.05, 0) is 19.3 Å². The molecule has 0 saturated carbocycles. The molecule has 404 valence electrons. The Bertz CT molecular complexity index is 1050. The van der Waals surface area contributed by atoms with E-state index in [9.17, 15) is 34.8 Å². The maximum absolute atomic E-state index is 14.1. The van der Waals surface area contributed by atoms with Gasteiger partial charge in [-0.1, -0.05) is 284 Å². The summed E-state index contributed by atoms with van der Waals surface area (Å²) >= 11 is 0. The third-order valence-corrected chi connectivity index (χ3v) is 13.9. The monoisotopic (exact) mass is 969 g/mol. The van der Waals surface area contributed by atoms with E-state index in [0.717, 1.165) is 77.0 Å². The highest BCUT2D eigenvalue weighted by Crippen LogP contribution is 2.35. The summed E-state index contributed by atoms with van der Waals surface area (Å²) in [6.07, 6.45) is 46.0. The van der Waals surface area contributed by atoms with Gasteiger partial charge in [0.1, 0.15) is 6.61 Å². The van der Waals surface area contributed by atoms with Gasteiger partial charge in [0.15, 0.2) is 0 Å². The van der Waals surface area contributed by atoms with Crippen molar-refractivity contribution >= 4 is 17.9 Å². The van der Waals surface area contributed by atoms with Crippen molar-refractivity contribution in [1.29, 1.82) is 0 Å². The largest absolute Gasteiger partial charge is 0.428 e. The number of aliphatic hydroxyl groups excluding tert-OH is 4. The molecule has 3 atom stereocenters. The van der Waals surface area contributed by atoms with Gasteiger partial charge in [-0.3, -0.25) is 9.59 Å². The first-order valence-electron chi connectivity index (χ1n) is 29.4. The zero-order chi connectivity index (χ0) is 50.0. The van der Waals surface area contributed by atoms with Crippen LogP contribution < -0.4 is 0 Å². The summed E-state index contributed by atoms with van der Waals surface area (Å²) in [6.45, 7) is 5.02. The Kier molecular flexibility index (Phi) is 48.9. The molecule has 0 aromatic carbocycles. The predicted molar refractivity (Wildman–Crippen MR) is 280 cm³/mol. The van der Waals surface area contributed by atoms with E-state index < -0.39 is 55.2 Å². The Morgan fingerprint density at radius 3 is 0.868 bits per heavy atom. The van der Waals surface area contributed by atoms with Crippen molar-refractivity contribution < 1.29 is 49.0 Å². The fourth-order valence-electron chi connectivity index (χ4n) is 9.52. The van der Waals surface area contributed by atoms with Crippen molar-refractivity contribution in [3.05, 3.63) is 0 Å². The van der Waals surface area contributed by atoms with E-state index in [-0.39, 0.29) is 19.3 Å². The average molecular weight is 970 g/mol. The Morgan fingerprint density at radius 2 is 0.618 bits per heavy atom. The maximum Gasteiger partial charge on any atom is 0.395 e. The number of hydrogen-bond acceptors (Lipinski definition) is 10. The zero-order valence-electron chi connectivity index (χ0n) is 44.9. The zero-order valence-corrected chi connectivity index (χ0v) is 44.9. The van der Waals surface area contributed by atoms with Crippen LogP contribution in [0.3, 0.4) is 0 Å². The molecule has 0 fully saturated rings. The number of rotatable bonds is 54. The van der Waals surface area contributed by atoms with Gasteiger partial charge in [0.25, 0.3) is 0 Å². The summed E-state index contributed by atoms with van der Waals surface area (Å²) in [5, 5.41) is 41.4. The van der Waals surface area contributed by atoms with Crippen molar-refractivity contribution in [3.8, 4) is 0 Å². The molecule has 0 aliphatic heterocycles. The van der Waals surface area contributed by atoms with Gasteiger partial charge in [-0.2, -0.15) is 0 Å². The van der Waals surface area contributed by atoms with E-state index in [2.05, 4.69) is 20.8 Å². The Morgan fingerprint density at radius 1 is 0.368 bits per heavy atom. The summed E-state index contributed by atoms with van der Waals surface area (Å²) in [6, 6.07) is 0. The van der Waals surface area contributed by atoms with Crippen molar-refractivity contribution in [2.75, 3.05) is 13.2 Å². The topological polar surface area (TPSA) is 160 Å². The molecule has 0 rings (SSSR count). The molecular weight excluding hydrogens is 857 g/mol. The second kappa shape index (κ2) is 50.2. The molecule has 0 saturated heterocycles. The van der Waals surface area contributed by atoms with Crippen LogP contribution in [0.4, 0.5) is 0 Å². The van der Waals surface area contributed by atoms with Gasteiger partial charge in [0.05, 0.1) is 18.6 Å². The van der Waals surface area contributed by atoms with Gasteiger partial charge in [-0.25, -0.2) is 4.79 Å². The van der Waals surface area contributed by atoms with Crippen molar-refractivity contribution in [2.45, 2.75) is 334 Å². The Hall–Kier alpha value is -1.75. The summed E-state index contributed by atoms with van der Waals surface area (Å²) in [5.41, 5.74) is 0. The third-order valence-electron chi connectivity index (χ3n) is 13.9. The van der Waals surface area contributed by atoms with Crippen molar-refractivity contribution in [2.24, 2.45) is 5.92 Å². The van der Waals surface area contributed by atoms with Gasteiger partial charge >= 0.3 is 23.7 Å². The molecule has 0 amide bonds. The highest BCUT2D eigenvalue weighted by atomic mass is 16.8. The van der Waals surface area contributed by atoms with Crippen molar-refractivity contribution in [1.82, 2.24) is 0 Å². The first-order valence-corrected chi connectivity index (χ1v) is 29.4. The minimum Gasteiger partial charge on any atom is -0.428 e. The molecule has 3 unspecified atom stereocenters. The van der Waals surface area contributed by atoms with Crippen LogP contribution in [0, 0.1) is 5.92 Å². The SMILES string of the molecule is CCCCCCCCCCCCCCCCCC(=O)OC(OC(=O)CCCCCCCCCCCCCCCCC)(C(=O)OC(O)CO)C(CCCCCCCCCCCCCCC)C(O)CO. The number of esters is 3. The molecule has 68 heavy (non-hydrogen) atoms. The number of aliphatic hydroxyl groups is 4. The van der Waals surface area contributed by atoms with Gasteiger partial charge in [0, 0.05) is 12.8 Å². The van der Waals surface area contributed by atoms with Crippen LogP contribution >= 0.6 is 0 Å². The number of carbonyl (C=O) groups is 3. The molecule has 0 aliphatic carbocycles. The molecule has 0 radical (unpaired) electrons. The second-order valence-corrected chi connectivity index (χ2v) is 20.4. The predicted octanol–water partition coefficient (Wildman–Crippen LogP) is 15.6. The van der Waals surface area contributed by atoms with Crippen molar-refractivity contribution in [3.63, 3.8) is 0 Å². The highest BCUT2D eigenvalue weighted by molar-refractivity contribution is 5.85. The standard InChI is InChI=1S/C58H112O10/c1-4-7-10-13-16-19-22-25-27-30-33-36-39-42-45-48-54(62)67-58(57(65)66-56(64)51-60,52(53(61)50-59)47-44-41-38-35-32-29-24-21-18-15-12-9-6-3)68-55(63)49-46-43-40-37-34-31-28-26-23-20-17-14-11-8-5-2/h52-53,56,59-61,64H,4-51H2,1-3H3. The molecule has 10 heteroatoms. The molecule has 4 N–H and O–H groups in total. The number of ether oxygens (including phenoxy) is 3. The molecule has 0 bridgehead atoms. The maximum atomic E-state index is 14.1. The van der Waals surface area contributed by atoms with Crippen LogP contribution in [0.15, 0.2) is 0 Å². The smallest absolute Gasteiger partial charge is 0.395 e. The first-order chi connectivity index (χ1) is 33.2. The van der Waals surface area contributed by atoms with Crippen LogP contribution in [0.1, 0.15) is 316 Å². The van der Waals surface area contributed by atoms with E-state index in [1.807, 2.05) is 0 Å². The lowest BCUT2D eigenvalue weighted by Crippen LogP contribution is -2.58. The van der Waals surface area contributed by atoms with Crippen LogP contribution in [0.5, 0.6) is 0 Å². The van der Waals surface area contributed by atoms with E-state index >= 15 is 0 Å². The molecule has 0 heterocycles. The van der Waals surface area contributed by atoms with E-state index in [1.165, 1.54) is 180 Å². The molecule has 0 spiro atoms. The first kappa shape index (κ1) is 66.2. The normalized spacial score (nSPS) is 13.1. The molecule has 0 aromatic heterocycles. The number of carbonyl (C=O) groups excluding carboxylic acids is 3. The summed E-state index contributed by atoms with van der Waals surface area (Å²) in [5.74, 6) is -7.10. The lowest BCUT2D eigenvalue weighted by molar-refractivity contribution is -0.275. The van der Waals surface area contributed by atoms with Crippen LogP contribution in [0.2, 0.25) is 0 Å². The third kappa shape index (κ3) is 38.9.